The summed E-state index contributed by atoms with van der Waals surface area (Å²) in [4.78, 5) is 21.1. The summed E-state index contributed by atoms with van der Waals surface area (Å²) in [5.41, 5.74) is 5.47. The first kappa shape index (κ1) is 24.6. The largest absolute Gasteiger partial charge is 0.416 e. The molecule has 0 aliphatic carbocycles. The van der Waals surface area contributed by atoms with Crippen LogP contribution in [0.25, 0.3) is 33.5 Å². The Morgan fingerprint density at radius 3 is 2.22 bits per heavy atom. The number of rotatable bonds is 4. The molecule has 0 aliphatic heterocycles. The first-order valence-corrected chi connectivity index (χ1v) is 11.8. The van der Waals surface area contributed by atoms with E-state index in [2.05, 4.69) is 15.3 Å². The van der Waals surface area contributed by atoms with Crippen LogP contribution in [-0.4, -0.2) is 15.9 Å². The van der Waals surface area contributed by atoms with Crippen LogP contribution in [0.1, 0.15) is 27.0 Å². The molecule has 8 heteroatoms. The summed E-state index contributed by atoms with van der Waals surface area (Å²) < 4.78 is 38.7. The zero-order valence-corrected chi connectivity index (χ0v) is 20.6. The molecule has 0 atom stereocenters. The molecule has 2 N–H and O–H groups in total. The van der Waals surface area contributed by atoms with Gasteiger partial charge < -0.3 is 10.3 Å². The van der Waals surface area contributed by atoms with Gasteiger partial charge in [0.05, 0.1) is 21.6 Å². The molecule has 37 heavy (non-hydrogen) atoms. The average molecular weight is 520 g/mol. The van der Waals surface area contributed by atoms with Crippen LogP contribution in [0, 0.1) is 13.8 Å². The Labute approximate surface area is 216 Å². The quantitative estimate of drug-likeness (QED) is 0.250. The first-order valence-electron chi connectivity index (χ1n) is 11.4. The van der Waals surface area contributed by atoms with Gasteiger partial charge in [-0.2, -0.15) is 13.2 Å². The third kappa shape index (κ3) is 4.95. The fraction of sp³-hybridized carbons (Fsp3) is 0.103. The van der Waals surface area contributed by atoms with Crippen LogP contribution in [0.5, 0.6) is 0 Å². The Morgan fingerprint density at radius 1 is 0.892 bits per heavy atom. The zero-order chi connectivity index (χ0) is 26.3. The Morgan fingerprint density at radius 2 is 1.57 bits per heavy atom. The molecule has 0 fully saturated rings. The maximum absolute atomic E-state index is 13.2. The van der Waals surface area contributed by atoms with Crippen molar-refractivity contribution in [1.82, 2.24) is 9.97 Å². The van der Waals surface area contributed by atoms with E-state index in [9.17, 15) is 18.0 Å². The van der Waals surface area contributed by atoms with Crippen LogP contribution in [-0.2, 0) is 6.18 Å². The Balaban J connectivity index is 1.41. The Kier molecular flexibility index (Phi) is 6.25. The number of aromatic nitrogens is 2. The summed E-state index contributed by atoms with van der Waals surface area (Å²) in [5.74, 6) is 0.294. The minimum absolute atomic E-state index is 0.299. The van der Waals surface area contributed by atoms with Crippen molar-refractivity contribution in [3.8, 4) is 22.5 Å². The van der Waals surface area contributed by atoms with E-state index in [0.29, 0.717) is 44.4 Å². The van der Waals surface area contributed by atoms with Gasteiger partial charge in [0, 0.05) is 16.8 Å². The summed E-state index contributed by atoms with van der Waals surface area (Å²) >= 11 is 6.44. The third-order valence-electron chi connectivity index (χ3n) is 6.17. The van der Waals surface area contributed by atoms with Crippen LogP contribution in [0.15, 0.2) is 78.9 Å². The monoisotopic (exact) mass is 519 g/mol. The predicted molar refractivity (Wildman–Crippen MR) is 141 cm³/mol. The van der Waals surface area contributed by atoms with Crippen molar-refractivity contribution in [2.75, 3.05) is 5.32 Å². The van der Waals surface area contributed by atoms with Crippen LogP contribution >= 0.6 is 11.6 Å². The van der Waals surface area contributed by atoms with Crippen LogP contribution < -0.4 is 5.32 Å². The van der Waals surface area contributed by atoms with Crippen molar-refractivity contribution in [2.45, 2.75) is 20.0 Å². The molecule has 0 saturated carbocycles. The molecular weight excluding hydrogens is 499 g/mol. The summed E-state index contributed by atoms with van der Waals surface area (Å²) in [5, 5.41) is 3.42. The van der Waals surface area contributed by atoms with Gasteiger partial charge in [-0.05, 0) is 78.6 Å². The molecule has 4 nitrogen and oxygen atoms in total. The highest BCUT2D eigenvalue weighted by Gasteiger charge is 2.30. The molecule has 5 aromatic rings. The number of aromatic amines is 1. The number of anilines is 1. The fourth-order valence-electron chi connectivity index (χ4n) is 4.40. The maximum Gasteiger partial charge on any atom is 0.416 e. The van der Waals surface area contributed by atoms with Gasteiger partial charge in [0.15, 0.2) is 0 Å². The second-order valence-electron chi connectivity index (χ2n) is 8.81. The zero-order valence-electron chi connectivity index (χ0n) is 19.9. The number of fused-ring (bicyclic) bond motifs is 1. The van der Waals surface area contributed by atoms with Crippen molar-refractivity contribution < 1.29 is 18.0 Å². The minimum Gasteiger partial charge on any atom is -0.338 e. The number of amides is 1. The molecule has 0 spiro atoms. The normalized spacial score (nSPS) is 11.6. The topological polar surface area (TPSA) is 57.8 Å². The number of benzene rings is 4. The Bertz CT molecular complexity index is 1580. The third-order valence-corrected chi connectivity index (χ3v) is 6.50. The van der Waals surface area contributed by atoms with Crippen molar-refractivity contribution >= 4 is 34.2 Å². The summed E-state index contributed by atoms with van der Waals surface area (Å²) in [6, 6.07) is 21.4. The lowest BCUT2D eigenvalue weighted by Crippen LogP contribution is -2.15. The molecular formula is C29H21ClF3N3O. The molecule has 1 aromatic heterocycles. The van der Waals surface area contributed by atoms with E-state index in [1.807, 2.05) is 24.3 Å². The second kappa shape index (κ2) is 9.41. The number of H-pyrrole nitrogens is 1. The number of imidazole rings is 1. The molecule has 0 unspecified atom stereocenters. The predicted octanol–water partition coefficient (Wildman–Crippen LogP) is 8.44. The molecule has 0 radical (unpaired) electrons. The van der Waals surface area contributed by atoms with E-state index >= 15 is 0 Å². The molecule has 5 rings (SSSR count). The van der Waals surface area contributed by atoms with Gasteiger partial charge in [-0.1, -0.05) is 48.0 Å². The summed E-state index contributed by atoms with van der Waals surface area (Å²) in [7, 11) is 0. The number of hydrogen-bond donors (Lipinski definition) is 2. The summed E-state index contributed by atoms with van der Waals surface area (Å²) in [6.07, 6.45) is -4.39. The molecule has 1 amide bonds. The highest BCUT2D eigenvalue weighted by atomic mass is 35.5. The van der Waals surface area contributed by atoms with E-state index in [-0.39, 0.29) is 5.91 Å². The molecule has 0 bridgehead atoms. The van der Waals surface area contributed by atoms with Gasteiger partial charge in [-0.3, -0.25) is 4.79 Å². The van der Waals surface area contributed by atoms with E-state index in [0.717, 1.165) is 28.7 Å². The SMILES string of the molecule is Cc1cc(-c2ccc(C(F)(F)F)cc2)cc(C)c1C(=O)Nc1ccc(Cl)c(-c2nc3ccccc3[nH]2)c1. The first-order chi connectivity index (χ1) is 17.6. The lowest BCUT2D eigenvalue weighted by Gasteiger charge is -2.14. The second-order valence-corrected chi connectivity index (χ2v) is 9.22. The minimum atomic E-state index is -4.39. The number of para-hydroxylation sites is 2. The van der Waals surface area contributed by atoms with E-state index in [1.54, 1.807) is 44.2 Å². The van der Waals surface area contributed by atoms with E-state index in [4.69, 9.17) is 11.6 Å². The molecule has 4 aromatic carbocycles. The number of carbonyl (C=O) groups excluding carboxylic acids is 1. The lowest BCUT2D eigenvalue weighted by molar-refractivity contribution is -0.137. The van der Waals surface area contributed by atoms with Crippen LogP contribution in [0.2, 0.25) is 5.02 Å². The number of hydrogen-bond acceptors (Lipinski definition) is 2. The number of nitrogens with one attached hydrogen (secondary N) is 2. The standard InChI is InChI=1S/C29H21ClF3N3O/c1-16-13-19(18-7-9-20(10-8-18)29(31,32)33)14-17(2)26(16)28(37)34-21-11-12-23(30)22(15-21)27-35-24-5-3-4-6-25(24)36-27/h3-15H,1-2H3,(H,34,37)(H,35,36). The van der Waals surface area contributed by atoms with Crippen LogP contribution in [0.3, 0.4) is 0 Å². The fourth-order valence-corrected chi connectivity index (χ4v) is 4.61. The maximum atomic E-state index is 13.2. The van der Waals surface area contributed by atoms with Crippen LogP contribution in [0.4, 0.5) is 18.9 Å². The van der Waals surface area contributed by atoms with Gasteiger partial charge >= 0.3 is 6.18 Å². The number of alkyl halides is 3. The Hall–Kier alpha value is -4.10. The number of nitrogens with zero attached hydrogens (tertiary/aromatic N) is 1. The van der Waals surface area contributed by atoms with Gasteiger partial charge in [0.25, 0.3) is 5.91 Å². The highest BCUT2D eigenvalue weighted by molar-refractivity contribution is 6.33. The molecule has 0 saturated heterocycles. The van der Waals surface area contributed by atoms with Crippen molar-refractivity contribution in [3.05, 3.63) is 106 Å². The average Bonchev–Trinajstić information content (AvgIpc) is 3.28. The molecule has 0 aliphatic rings. The van der Waals surface area contributed by atoms with Crippen molar-refractivity contribution in [1.29, 1.82) is 0 Å². The molecule has 186 valence electrons. The number of carbonyl (C=O) groups is 1. The van der Waals surface area contributed by atoms with E-state index in [1.165, 1.54) is 12.1 Å². The van der Waals surface area contributed by atoms with Gasteiger partial charge in [0.1, 0.15) is 5.82 Å². The number of halogens is 4. The summed E-state index contributed by atoms with van der Waals surface area (Å²) in [6.45, 7) is 3.61. The van der Waals surface area contributed by atoms with Crippen molar-refractivity contribution in [2.24, 2.45) is 0 Å². The van der Waals surface area contributed by atoms with E-state index < -0.39 is 11.7 Å². The smallest absolute Gasteiger partial charge is 0.338 e. The number of aryl methyl sites for hydroxylation is 2. The lowest BCUT2D eigenvalue weighted by atomic mass is 9.94. The van der Waals surface area contributed by atoms with Crippen molar-refractivity contribution in [3.63, 3.8) is 0 Å². The van der Waals surface area contributed by atoms with Gasteiger partial charge in [0.2, 0.25) is 0 Å². The highest BCUT2D eigenvalue weighted by Crippen LogP contribution is 2.33. The molecule has 1 heterocycles. The van der Waals surface area contributed by atoms with Gasteiger partial charge in [-0.15, -0.1) is 0 Å². The van der Waals surface area contributed by atoms with Gasteiger partial charge in [-0.25, -0.2) is 4.98 Å².